The monoisotopic (exact) mass is 213 g/mol. The van der Waals surface area contributed by atoms with Crippen LogP contribution in [0.3, 0.4) is 0 Å². The Morgan fingerprint density at radius 1 is 1.27 bits per heavy atom. The van der Waals surface area contributed by atoms with Crippen molar-refractivity contribution in [3.63, 3.8) is 0 Å². The first-order valence-electron chi connectivity index (χ1n) is 6.30. The maximum Gasteiger partial charge on any atom is 0.0566 e. The molecule has 0 aromatic rings. The van der Waals surface area contributed by atoms with E-state index in [2.05, 4.69) is 20.3 Å². The Morgan fingerprint density at radius 2 is 2.07 bits per heavy atom. The van der Waals surface area contributed by atoms with Crippen LogP contribution in [0, 0.1) is 11.8 Å². The van der Waals surface area contributed by atoms with Crippen molar-refractivity contribution >= 4 is 0 Å². The van der Waals surface area contributed by atoms with Crippen LogP contribution in [0.4, 0.5) is 0 Å². The summed E-state index contributed by atoms with van der Waals surface area (Å²) in [6.07, 6.45) is 8.41. The summed E-state index contributed by atoms with van der Waals surface area (Å²) in [5, 5.41) is 0. The molecule has 1 radical (unpaired) electrons. The van der Waals surface area contributed by atoms with E-state index in [9.17, 15) is 0 Å². The topological polar surface area (TPSA) is 18.5 Å². The minimum Gasteiger partial charge on any atom is -0.381 e. The second-order valence-corrected chi connectivity index (χ2v) is 4.62. The zero-order valence-electron chi connectivity index (χ0n) is 10.3. The van der Waals surface area contributed by atoms with Gasteiger partial charge in [-0.15, -0.1) is 0 Å². The average molecular weight is 213 g/mol. The van der Waals surface area contributed by atoms with Crippen LogP contribution in [0.2, 0.25) is 0 Å². The van der Waals surface area contributed by atoms with E-state index in [1.807, 2.05) is 0 Å². The number of unbranched alkanes of at least 4 members (excludes halogenated alkanes) is 4. The Hall–Kier alpha value is -0.0800. The summed E-state index contributed by atoms with van der Waals surface area (Å²) >= 11 is 0. The predicted octanol–water partition coefficient (Wildman–Crippen LogP) is 3.21. The molecule has 0 aliphatic carbocycles. The van der Waals surface area contributed by atoms with Crippen molar-refractivity contribution in [2.24, 2.45) is 5.41 Å². The van der Waals surface area contributed by atoms with E-state index in [4.69, 9.17) is 9.47 Å². The highest BCUT2D eigenvalue weighted by Gasteiger charge is 2.36. The molecule has 0 aromatic heterocycles. The van der Waals surface area contributed by atoms with Gasteiger partial charge < -0.3 is 9.47 Å². The van der Waals surface area contributed by atoms with E-state index in [0.29, 0.717) is 5.41 Å². The molecule has 0 N–H and O–H groups in total. The molecule has 0 unspecified atom stereocenters. The molecule has 0 bridgehead atoms. The lowest BCUT2D eigenvalue weighted by Gasteiger charge is -2.40. The highest BCUT2D eigenvalue weighted by atomic mass is 16.5. The summed E-state index contributed by atoms with van der Waals surface area (Å²) in [7, 11) is 0. The first kappa shape index (κ1) is 13.0. The van der Waals surface area contributed by atoms with Gasteiger partial charge in [0.25, 0.3) is 0 Å². The third-order valence-electron chi connectivity index (χ3n) is 3.16. The zero-order chi connectivity index (χ0) is 11.0. The van der Waals surface area contributed by atoms with E-state index >= 15 is 0 Å². The van der Waals surface area contributed by atoms with Gasteiger partial charge >= 0.3 is 0 Å². The molecular formula is C13H25O2. The molecule has 1 saturated heterocycles. The van der Waals surface area contributed by atoms with Crippen LogP contribution < -0.4 is 0 Å². The Kier molecular flexibility index (Phi) is 6.26. The van der Waals surface area contributed by atoms with Gasteiger partial charge in [0.2, 0.25) is 0 Å². The molecule has 1 rings (SSSR count). The van der Waals surface area contributed by atoms with Crippen molar-refractivity contribution in [3.05, 3.63) is 6.42 Å². The first-order valence-corrected chi connectivity index (χ1v) is 6.30. The van der Waals surface area contributed by atoms with E-state index in [1.54, 1.807) is 0 Å². The molecular weight excluding hydrogens is 188 g/mol. The molecule has 89 valence electrons. The molecule has 0 spiro atoms. The Morgan fingerprint density at radius 3 is 2.60 bits per heavy atom. The van der Waals surface area contributed by atoms with E-state index in [0.717, 1.165) is 26.4 Å². The quantitative estimate of drug-likeness (QED) is 0.547. The normalized spacial score (nSPS) is 18.8. The van der Waals surface area contributed by atoms with Crippen molar-refractivity contribution in [2.75, 3.05) is 26.4 Å². The minimum absolute atomic E-state index is 0.354. The van der Waals surface area contributed by atoms with Gasteiger partial charge in [-0.05, 0) is 25.7 Å². The lowest BCUT2D eigenvalue weighted by atomic mass is 9.84. The van der Waals surface area contributed by atoms with Crippen LogP contribution in [-0.4, -0.2) is 26.4 Å². The molecule has 1 aliphatic heterocycles. The predicted molar refractivity (Wildman–Crippen MR) is 62.8 cm³/mol. The minimum atomic E-state index is 0.354. The smallest absolute Gasteiger partial charge is 0.0566 e. The molecule has 1 fully saturated rings. The van der Waals surface area contributed by atoms with Crippen LogP contribution >= 0.6 is 0 Å². The molecule has 0 aromatic carbocycles. The Bertz CT molecular complexity index is 147. The van der Waals surface area contributed by atoms with Crippen LogP contribution in [-0.2, 0) is 9.47 Å². The number of hydrogen-bond acceptors (Lipinski definition) is 2. The molecule has 2 nitrogen and oxygen atoms in total. The number of hydrogen-bond donors (Lipinski definition) is 0. The van der Waals surface area contributed by atoms with Crippen LogP contribution in [0.5, 0.6) is 0 Å². The van der Waals surface area contributed by atoms with Crippen molar-refractivity contribution in [2.45, 2.75) is 46.0 Å². The SMILES string of the molecule is CCC[CH]CCCOCC1(CC)COC1. The summed E-state index contributed by atoms with van der Waals surface area (Å²) < 4.78 is 11.0. The number of rotatable bonds is 9. The fraction of sp³-hybridized carbons (Fsp3) is 0.923. The van der Waals surface area contributed by atoms with Gasteiger partial charge in [-0.3, -0.25) is 0 Å². The standard InChI is InChI=1S/C13H25O2/c1-3-5-6-7-8-9-14-10-13(4-2)11-15-12-13/h6H,3-5,7-12H2,1-2H3. The highest BCUT2D eigenvalue weighted by molar-refractivity contribution is 4.83. The second kappa shape index (κ2) is 7.24. The van der Waals surface area contributed by atoms with E-state index in [1.165, 1.54) is 32.1 Å². The van der Waals surface area contributed by atoms with Crippen molar-refractivity contribution in [3.8, 4) is 0 Å². The molecule has 1 heterocycles. The molecule has 2 heteroatoms. The number of ether oxygens (including phenoxy) is 2. The summed E-state index contributed by atoms with van der Waals surface area (Å²) in [5.41, 5.74) is 0.354. The van der Waals surface area contributed by atoms with E-state index in [-0.39, 0.29) is 0 Å². The van der Waals surface area contributed by atoms with Gasteiger partial charge in [0.05, 0.1) is 19.8 Å². The van der Waals surface area contributed by atoms with Crippen molar-refractivity contribution in [1.29, 1.82) is 0 Å². The van der Waals surface area contributed by atoms with Gasteiger partial charge in [0.15, 0.2) is 0 Å². The van der Waals surface area contributed by atoms with Gasteiger partial charge in [-0.25, -0.2) is 0 Å². The largest absolute Gasteiger partial charge is 0.381 e. The Labute approximate surface area is 94.3 Å². The summed E-state index contributed by atoms with van der Waals surface area (Å²) in [6, 6.07) is 0. The highest BCUT2D eigenvalue weighted by Crippen LogP contribution is 2.31. The van der Waals surface area contributed by atoms with Gasteiger partial charge in [-0.2, -0.15) is 0 Å². The summed E-state index contributed by atoms with van der Waals surface area (Å²) in [6.45, 7) is 8.02. The third kappa shape index (κ3) is 4.52. The fourth-order valence-electron chi connectivity index (χ4n) is 1.75. The van der Waals surface area contributed by atoms with Gasteiger partial charge in [-0.1, -0.05) is 26.7 Å². The Balaban J connectivity index is 1.88. The van der Waals surface area contributed by atoms with Crippen LogP contribution in [0.1, 0.15) is 46.0 Å². The maximum atomic E-state index is 5.71. The van der Waals surface area contributed by atoms with Gasteiger partial charge in [0, 0.05) is 12.0 Å². The maximum absolute atomic E-state index is 5.71. The first-order chi connectivity index (χ1) is 7.33. The summed E-state index contributed by atoms with van der Waals surface area (Å²) in [5.74, 6) is 0. The van der Waals surface area contributed by atoms with Crippen molar-refractivity contribution < 1.29 is 9.47 Å². The lowest BCUT2D eigenvalue weighted by molar-refractivity contribution is -0.150. The molecule has 0 atom stereocenters. The summed E-state index contributed by atoms with van der Waals surface area (Å²) in [4.78, 5) is 0. The molecule has 1 aliphatic rings. The van der Waals surface area contributed by atoms with Crippen molar-refractivity contribution in [1.82, 2.24) is 0 Å². The zero-order valence-corrected chi connectivity index (χ0v) is 10.3. The van der Waals surface area contributed by atoms with Gasteiger partial charge in [0.1, 0.15) is 0 Å². The fourth-order valence-corrected chi connectivity index (χ4v) is 1.75. The average Bonchev–Trinajstić information content (AvgIpc) is 2.20. The lowest BCUT2D eigenvalue weighted by Crippen LogP contribution is -2.45. The second-order valence-electron chi connectivity index (χ2n) is 4.62. The molecule has 0 amide bonds. The van der Waals surface area contributed by atoms with Crippen LogP contribution in [0.15, 0.2) is 0 Å². The van der Waals surface area contributed by atoms with Crippen LogP contribution in [0.25, 0.3) is 0 Å². The molecule has 15 heavy (non-hydrogen) atoms. The van der Waals surface area contributed by atoms with E-state index < -0.39 is 0 Å². The third-order valence-corrected chi connectivity index (χ3v) is 3.16. The molecule has 0 saturated carbocycles.